The van der Waals surface area contributed by atoms with Crippen molar-refractivity contribution in [1.82, 2.24) is 9.88 Å². The van der Waals surface area contributed by atoms with Crippen molar-refractivity contribution in [2.75, 3.05) is 44.0 Å². The van der Waals surface area contributed by atoms with Gasteiger partial charge in [0.05, 0.1) is 23.7 Å². The summed E-state index contributed by atoms with van der Waals surface area (Å²) in [4.78, 5) is 30.7. The number of hydrogen-bond acceptors (Lipinski definition) is 6. The lowest BCUT2D eigenvalue weighted by atomic mass is 9.88. The van der Waals surface area contributed by atoms with Gasteiger partial charge in [0.25, 0.3) is 0 Å². The van der Waals surface area contributed by atoms with E-state index in [2.05, 4.69) is 29.5 Å². The van der Waals surface area contributed by atoms with Crippen LogP contribution in [-0.4, -0.2) is 60.8 Å². The molecule has 1 aromatic carbocycles. The SMILES string of the molecule is COC(=O)N1CCC[C@H](C(=O)Nc2cc(-c3cc(NC[C@@H]4CCOC(C)(C)C4)ccc3Cl)c(Cl)cn2)C1. The molecule has 1 aromatic heterocycles. The van der Waals surface area contributed by atoms with Crippen LogP contribution in [0.5, 0.6) is 0 Å². The van der Waals surface area contributed by atoms with Crippen LogP contribution in [0.25, 0.3) is 11.1 Å². The van der Waals surface area contributed by atoms with Gasteiger partial charge >= 0.3 is 6.09 Å². The number of anilines is 2. The number of pyridine rings is 1. The van der Waals surface area contributed by atoms with Crippen molar-refractivity contribution in [3.05, 3.63) is 40.5 Å². The number of hydrogen-bond donors (Lipinski definition) is 2. The van der Waals surface area contributed by atoms with Crippen LogP contribution >= 0.6 is 23.2 Å². The Labute approximate surface area is 228 Å². The monoisotopic (exact) mass is 548 g/mol. The zero-order chi connectivity index (χ0) is 26.6. The molecule has 2 N–H and O–H groups in total. The number of methoxy groups -OCH3 is 1. The minimum Gasteiger partial charge on any atom is -0.453 e. The molecule has 4 rings (SSSR count). The Kier molecular flexibility index (Phi) is 8.82. The van der Waals surface area contributed by atoms with Crippen molar-refractivity contribution in [2.24, 2.45) is 11.8 Å². The van der Waals surface area contributed by atoms with E-state index < -0.39 is 6.09 Å². The molecule has 0 unspecified atom stereocenters. The summed E-state index contributed by atoms with van der Waals surface area (Å²) in [7, 11) is 1.34. The maximum absolute atomic E-state index is 13.0. The number of carbonyl (C=O) groups is 2. The summed E-state index contributed by atoms with van der Waals surface area (Å²) in [5, 5.41) is 7.38. The van der Waals surface area contributed by atoms with Crippen molar-refractivity contribution in [3.63, 3.8) is 0 Å². The normalized spacial score (nSPS) is 21.3. The molecule has 2 atom stereocenters. The zero-order valence-corrected chi connectivity index (χ0v) is 23.0. The van der Waals surface area contributed by atoms with Gasteiger partial charge in [0, 0.05) is 54.3 Å². The Morgan fingerprint density at radius 1 is 1.19 bits per heavy atom. The highest BCUT2D eigenvalue weighted by Gasteiger charge is 2.30. The highest BCUT2D eigenvalue weighted by molar-refractivity contribution is 6.36. The Balaban J connectivity index is 1.46. The van der Waals surface area contributed by atoms with Crippen LogP contribution in [0.1, 0.15) is 39.5 Å². The number of rotatable bonds is 6. The molecule has 2 fully saturated rings. The quantitative estimate of drug-likeness (QED) is 0.453. The predicted molar refractivity (Wildman–Crippen MR) is 146 cm³/mol. The second-order valence-electron chi connectivity index (χ2n) is 10.3. The van der Waals surface area contributed by atoms with E-state index in [1.165, 1.54) is 13.3 Å². The van der Waals surface area contributed by atoms with E-state index in [1.54, 1.807) is 11.0 Å². The lowest BCUT2D eigenvalue weighted by molar-refractivity contribution is -0.121. The van der Waals surface area contributed by atoms with Crippen molar-refractivity contribution < 1.29 is 19.1 Å². The van der Waals surface area contributed by atoms with Gasteiger partial charge in [-0.05, 0) is 69.7 Å². The summed E-state index contributed by atoms with van der Waals surface area (Å²) >= 11 is 13.1. The minimum absolute atomic E-state index is 0.101. The predicted octanol–water partition coefficient (Wildman–Crippen LogP) is 6.09. The van der Waals surface area contributed by atoms with Gasteiger partial charge in [-0.25, -0.2) is 9.78 Å². The van der Waals surface area contributed by atoms with Crippen molar-refractivity contribution >= 4 is 46.7 Å². The molecule has 0 aliphatic carbocycles. The molecule has 2 amide bonds. The van der Waals surface area contributed by atoms with Crippen LogP contribution in [0.3, 0.4) is 0 Å². The molecule has 10 heteroatoms. The first-order valence-electron chi connectivity index (χ1n) is 12.6. The van der Waals surface area contributed by atoms with Gasteiger partial charge in [0.2, 0.25) is 5.91 Å². The fourth-order valence-corrected chi connectivity index (χ4v) is 5.49. The Bertz CT molecular complexity index is 1140. The first-order chi connectivity index (χ1) is 17.6. The number of piperidine rings is 1. The standard InChI is InChI=1S/C27H34Cl2N4O4/c1-27(2)13-17(8-10-37-27)14-30-19-6-7-22(28)20(11-19)21-12-24(31-15-23(21)29)32-25(34)18-5-4-9-33(16-18)26(35)36-3/h6-7,11-12,15,17-18,30H,4-5,8-10,13-14,16H2,1-3H3,(H,31,32,34)/t17-,18+/m1/s1. The van der Waals surface area contributed by atoms with Crippen LogP contribution in [0.15, 0.2) is 30.5 Å². The summed E-state index contributed by atoms with van der Waals surface area (Å²) in [5.74, 6) is 0.345. The summed E-state index contributed by atoms with van der Waals surface area (Å²) < 4.78 is 10.6. The topological polar surface area (TPSA) is 92.8 Å². The van der Waals surface area contributed by atoms with E-state index >= 15 is 0 Å². The van der Waals surface area contributed by atoms with Crippen LogP contribution in [-0.2, 0) is 14.3 Å². The molecule has 37 heavy (non-hydrogen) atoms. The third kappa shape index (κ3) is 7.06. The maximum Gasteiger partial charge on any atom is 0.409 e. The Morgan fingerprint density at radius 3 is 2.73 bits per heavy atom. The first kappa shape index (κ1) is 27.5. The fourth-order valence-electron chi connectivity index (χ4n) is 5.06. The first-order valence-corrected chi connectivity index (χ1v) is 13.4. The molecular weight excluding hydrogens is 515 g/mol. The van der Waals surface area contributed by atoms with Gasteiger partial charge in [-0.1, -0.05) is 23.2 Å². The van der Waals surface area contributed by atoms with Crippen molar-refractivity contribution in [3.8, 4) is 11.1 Å². The molecule has 2 saturated heterocycles. The van der Waals surface area contributed by atoms with Gasteiger partial charge < -0.3 is 25.0 Å². The Morgan fingerprint density at radius 2 is 1.97 bits per heavy atom. The molecular formula is C27H34Cl2N4O4. The van der Waals surface area contributed by atoms with E-state index in [0.717, 1.165) is 43.7 Å². The summed E-state index contributed by atoms with van der Waals surface area (Å²) in [6.45, 7) is 6.75. The van der Waals surface area contributed by atoms with Gasteiger partial charge in [-0.15, -0.1) is 0 Å². The molecule has 3 heterocycles. The van der Waals surface area contributed by atoms with Gasteiger partial charge in [-0.3, -0.25) is 4.79 Å². The van der Waals surface area contributed by atoms with Crippen LogP contribution < -0.4 is 10.6 Å². The number of likely N-dealkylation sites (tertiary alicyclic amines) is 1. The molecule has 0 bridgehead atoms. The van der Waals surface area contributed by atoms with E-state index in [-0.39, 0.29) is 17.4 Å². The number of nitrogens with one attached hydrogen (secondary N) is 2. The van der Waals surface area contributed by atoms with E-state index in [1.807, 2.05) is 18.2 Å². The second kappa shape index (κ2) is 11.9. The number of carbonyl (C=O) groups excluding carboxylic acids is 2. The van der Waals surface area contributed by atoms with Gasteiger partial charge in [0.1, 0.15) is 5.82 Å². The summed E-state index contributed by atoms with van der Waals surface area (Å²) in [6.07, 6.45) is 4.52. The lowest BCUT2D eigenvalue weighted by Gasteiger charge is -2.35. The molecule has 200 valence electrons. The second-order valence-corrected chi connectivity index (χ2v) is 11.2. The number of benzene rings is 1. The zero-order valence-electron chi connectivity index (χ0n) is 21.5. The number of nitrogens with zero attached hydrogens (tertiary/aromatic N) is 2. The lowest BCUT2D eigenvalue weighted by Crippen LogP contribution is -2.43. The molecule has 0 saturated carbocycles. The molecule has 0 spiro atoms. The summed E-state index contributed by atoms with van der Waals surface area (Å²) in [6, 6.07) is 7.48. The van der Waals surface area contributed by atoms with Gasteiger partial charge in [0.15, 0.2) is 0 Å². The smallest absolute Gasteiger partial charge is 0.409 e. The fraction of sp³-hybridized carbons (Fsp3) is 0.519. The molecule has 8 nitrogen and oxygen atoms in total. The third-order valence-corrected chi connectivity index (χ3v) is 7.61. The minimum atomic E-state index is -0.423. The highest BCUT2D eigenvalue weighted by atomic mass is 35.5. The van der Waals surface area contributed by atoms with Crippen LogP contribution in [0.2, 0.25) is 10.0 Å². The Hall–Kier alpha value is -2.55. The largest absolute Gasteiger partial charge is 0.453 e. The average Bonchev–Trinajstić information content (AvgIpc) is 2.88. The van der Waals surface area contributed by atoms with E-state index in [0.29, 0.717) is 46.9 Å². The maximum atomic E-state index is 13.0. The van der Waals surface area contributed by atoms with Crippen LogP contribution in [0, 0.1) is 11.8 Å². The third-order valence-electron chi connectivity index (χ3n) is 6.98. The van der Waals surface area contributed by atoms with Crippen molar-refractivity contribution in [1.29, 1.82) is 0 Å². The van der Waals surface area contributed by atoms with Crippen molar-refractivity contribution in [2.45, 2.75) is 45.1 Å². The number of aromatic nitrogens is 1. The molecule has 2 aromatic rings. The van der Waals surface area contributed by atoms with E-state index in [9.17, 15) is 9.59 Å². The highest BCUT2D eigenvalue weighted by Crippen LogP contribution is 2.37. The van der Waals surface area contributed by atoms with E-state index in [4.69, 9.17) is 32.7 Å². The summed E-state index contributed by atoms with van der Waals surface area (Å²) in [5.41, 5.74) is 2.26. The molecule has 2 aliphatic heterocycles. The molecule has 0 radical (unpaired) electrons. The van der Waals surface area contributed by atoms with Crippen LogP contribution in [0.4, 0.5) is 16.3 Å². The molecule has 2 aliphatic rings. The average molecular weight is 549 g/mol. The number of amides is 2. The number of halogens is 2. The van der Waals surface area contributed by atoms with Gasteiger partial charge in [-0.2, -0.15) is 0 Å². The number of ether oxygens (including phenoxy) is 2.